The molecule has 0 unspecified atom stereocenters. The molecule has 8 heteroatoms. The lowest BCUT2D eigenvalue weighted by atomic mass is 10.1. The summed E-state index contributed by atoms with van der Waals surface area (Å²) in [6.07, 6.45) is 3.10. The average Bonchev–Trinajstić information content (AvgIpc) is 3.17. The predicted octanol–water partition coefficient (Wildman–Crippen LogP) is 1.49. The summed E-state index contributed by atoms with van der Waals surface area (Å²) in [4.78, 5) is 24.2. The van der Waals surface area contributed by atoms with Crippen LogP contribution < -0.4 is 16.4 Å². The first-order chi connectivity index (χ1) is 13.6. The van der Waals surface area contributed by atoms with E-state index in [1.165, 1.54) is 6.20 Å². The molecule has 1 heterocycles. The van der Waals surface area contributed by atoms with Gasteiger partial charge in [-0.15, -0.1) is 0 Å². The van der Waals surface area contributed by atoms with E-state index < -0.39 is 0 Å². The zero-order valence-electron chi connectivity index (χ0n) is 15.1. The molecule has 5 N–H and O–H groups in total. The molecule has 0 aliphatic carbocycles. The molecule has 0 bridgehead atoms. The van der Waals surface area contributed by atoms with E-state index in [0.717, 1.165) is 5.56 Å². The maximum atomic E-state index is 12.4. The second-order valence-corrected chi connectivity index (χ2v) is 6.14. The van der Waals surface area contributed by atoms with Crippen molar-refractivity contribution in [3.8, 4) is 0 Å². The largest absolute Gasteiger partial charge is 0.397 e. The third kappa shape index (κ3) is 4.74. The van der Waals surface area contributed by atoms with E-state index in [1.807, 2.05) is 12.1 Å². The summed E-state index contributed by atoms with van der Waals surface area (Å²) in [5.74, 6) is -0.529. The molecule has 3 aromatic rings. The van der Waals surface area contributed by atoms with Gasteiger partial charge in [-0.2, -0.15) is 5.10 Å². The number of nitrogen functional groups attached to an aromatic ring is 1. The first kappa shape index (κ1) is 19.1. The van der Waals surface area contributed by atoms with Gasteiger partial charge in [-0.1, -0.05) is 24.3 Å². The van der Waals surface area contributed by atoms with Crippen LogP contribution >= 0.6 is 0 Å². The van der Waals surface area contributed by atoms with Gasteiger partial charge < -0.3 is 21.5 Å². The fourth-order valence-electron chi connectivity index (χ4n) is 2.59. The number of hydrogen-bond donors (Lipinski definition) is 4. The molecular weight excluding hydrogens is 358 g/mol. The Morgan fingerprint density at radius 2 is 1.79 bits per heavy atom. The van der Waals surface area contributed by atoms with Crippen LogP contribution in [0.3, 0.4) is 0 Å². The normalized spacial score (nSPS) is 10.5. The third-order valence-electron chi connectivity index (χ3n) is 4.06. The van der Waals surface area contributed by atoms with Crippen LogP contribution in [-0.2, 0) is 6.54 Å². The van der Waals surface area contributed by atoms with Crippen LogP contribution in [0.4, 0.5) is 11.4 Å². The number of aliphatic hydroxyl groups excluding tert-OH is 1. The Morgan fingerprint density at radius 1 is 1.04 bits per heavy atom. The van der Waals surface area contributed by atoms with Gasteiger partial charge in [0.1, 0.15) is 0 Å². The minimum Gasteiger partial charge on any atom is -0.397 e. The molecule has 2 aromatic carbocycles. The quantitative estimate of drug-likeness (QED) is 0.463. The Bertz CT molecular complexity index is 966. The smallest absolute Gasteiger partial charge is 0.255 e. The molecule has 0 saturated carbocycles. The molecule has 0 fully saturated rings. The van der Waals surface area contributed by atoms with Crippen molar-refractivity contribution in [2.75, 3.05) is 24.2 Å². The van der Waals surface area contributed by atoms with Crippen molar-refractivity contribution in [2.24, 2.45) is 0 Å². The number of aromatic nitrogens is 2. The molecule has 0 aliphatic heterocycles. The van der Waals surface area contributed by atoms with Gasteiger partial charge in [0.05, 0.1) is 36.3 Å². The summed E-state index contributed by atoms with van der Waals surface area (Å²) < 4.78 is 1.63. The highest BCUT2D eigenvalue weighted by Crippen LogP contribution is 2.18. The van der Waals surface area contributed by atoms with Crippen molar-refractivity contribution in [1.82, 2.24) is 15.1 Å². The number of aliphatic hydroxyl groups is 1. The standard InChI is InChI=1S/C20H21N5O3/c21-17-3-1-2-4-18(17)24-20(28)15-7-5-14(6-8-15)12-25-13-16(11-23-25)19(27)22-9-10-26/h1-8,11,13,26H,9-10,12,21H2,(H,22,27)(H,24,28). The van der Waals surface area contributed by atoms with E-state index in [1.54, 1.807) is 47.3 Å². The molecule has 1 aromatic heterocycles. The second-order valence-electron chi connectivity index (χ2n) is 6.14. The van der Waals surface area contributed by atoms with Gasteiger partial charge in [0.2, 0.25) is 0 Å². The fourth-order valence-corrected chi connectivity index (χ4v) is 2.59. The molecule has 0 aliphatic rings. The van der Waals surface area contributed by atoms with E-state index in [9.17, 15) is 9.59 Å². The van der Waals surface area contributed by atoms with Crippen molar-refractivity contribution in [3.63, 3.8) is 0 Å². The van der Waals surface area contributed by atoms with Crippen molar-refractivity contribution >= 4 is 23.2 Å². The Kier molecular flexibility index (Phi) is 6.03. The summed E-state index contributed by atoms with van der Waals surface area (Å²) >= 11 is 0. The molecule has 144 valence electrons. The Morgan fingerprint density at radius 3 is 2.50 bits per heavy atom. The van der Waals surface area contributed by atoms with Crippen LogP contribution in [0.15, 0.2) is 60.9 Å². The van der Waals surface area contributed by atoms with Crippen molar-refractivity contribution in [2.45, 2.75) is 6.54 Å². The summed E-state index contributed by atoms with van der Waals surface area (Å²) in [6, 6.07) is 14.2. The molecule has 8 nitrogen and oxygen atoms in total. The van der Waals surface area contributed by atoms with E-state index in [4.69, 9.17) is 10.8 Å². The summed E-state index contributed by atoms with van der Waals surface area (Å²) in [5, 5.41) is 18.3. The van der Waals surface area contributed by atoms with E-state index >= 15 is 0 Å². The van der Waals surface area contributed by atoms with Gasteiger partial charge in [0.25, 0.3) is 11.8 Å². The number of amides is 2. The summed E-state index contributed by atoms with van der Waals surface area (Å²) in [6.45, 7) is 0.541. The number of carbonyl (C=O) groups excluding carboxylic acids is 2. The number of benzene rings is 2. The van der Waals surface area contributed by atoms with Crippen LogP contribution in [-0.4, -0.2) is 39.9 Å². The number of nitrogens with one attached hydrogen (secondary N) is 2. The number of carbonyl (C=O) groups is 2. The molecule has 0 saturated heterocycles. The number of hydrogen-bond acceptors (Lipinski definition) is 5. The number of rotatable bonds is 7. The highest BCUT2D eigenvalue weighted by atomic mass is 16.3. The lowest BCUT2D eigenvalue weighted by Crippen LogP contribution is -2.25. The van der Waals surface area contributed by atoms with Gasteiger partial charge >= 0.3 is 0 Å². The topological polar surface area (TPSA) is 122 Å². The third-order valence-corrected chi connectivity index (χ3v) is 4.06. The van der Waals surface area contributed by atoms with Crippen LogP contribution in [0.2, 0.25) is 0 Å². The van der Waals surface area contributed by atoms with Gasteiger partial charge in [0.15, 0.2) is 0 Å². The first-order valence-electron chi connectivity index (χ1n) is 8.73. The first-order valence-corrected chi connectivity index (χ1v) is 8.73. The van der Waals surface area contributed by atoms with Crippen LogP contribution in [0.1, 0.15) is 26.3 Å². The minimum atomic E-state index is -0.285. The fraction of sp³-hybridized carbons (Fsp3) is 0.150. The van der Waals surface area contributed by atoms with E-state index in [0.29, 0.717) is 29.0 Å². The average molecular weight is 379 g/mol. The SMILES string of the molecule is Nc1ccccc1NC(=O)c1ccc(Cn2cc(C(=O)NCCO)cn2)cc1. The van der Waals surface area contributed by atoms with E-state index in [-0.39, 0.29) is 25.0 Å². The van der Waals surface area contributed by atoms with Gasteiger partial charge in [-0.25, -0.2) is 0 Å². The van der Waals surface area contributed by atoms with Gasteiger partial charge in [-0.05, 0) is 29.8 Å². The second kappa shape index (κ2) is 8.83. The zero-order valence-corrected chi connectivity index (χ0v) is 15.1. The van der Waals surface area contributed by atoms with Crippen molar-refractivity contribution in [1.29, 1.82) is 0 Å². The highest BCUT2D eigenvalue weighted by Gasteiger charge is 2.10. The lowest BCUT2D eigenvalue weighted by molar-refractivity contribution is 0.0944. The minimum absolute atomic E-state index is 0.114. The maximum absolute atomic E-state index is 12.4. The van der Waals surface area contributed by atoms with Crippen molar-refractivity contribution < 1.29 is 14.7 Å². The maximum Gasteiger partial charge on any atom is 0.255 e. The number of nitrogens with two attached hydrogens (primary N) is 1. The Balaban J connectivity index is 1.62. The van der Waals surface area contributed by atoms with Crippen molar-refractivity contribution in [3.05, 3.63) is 77.6 Å². The van der Waals surface area contributed by atoms with Gasteiger partial charge in [-0.3, -0.25) is 14.3 Å². The lowest BCUT2D eigenvalue weighted by Gasteiger charge is -2.08. The van der Waals surface area contributed by atoms with Gasteiger partial charge in [0, 0.05) is 18.3 Å². The highest BCUT2D eigenvalue weighted by molar-refractivity contribution is 6.05. The van der Waals surface area contributed by atoms with Crippen LogP contribution in [0, 0.1) is 0 Å². The Labute approximate surface area is 162 Å². The molecule has 2 amide bonds. The summed E-state index contributed by atoms with van der Waals surface area (Å²) in [7, 11) is 0. The molecule has 0 spiro atoms. The zero-order chi connectivity index (χ0) is 19.9. The Hall–Kier alpha value is -3.65. The predicted molar refractivity (Wildman–Crippen MR) is 106 cm³/mol. The molecule has 28 heavy (non-hydrogen) atoms. The number of para-hydroxylation sites is 2. The molecular formula is C20H21N5O3. The monoisotopic (exact) mass is 379 g/mol. The molecule has 3 rings (SSSR count). The van der Waals surface area contributed by atoms with Crippen LogP contribution in [0.5, 0.6) is 0 Å². The van der Waals surface area contributed by atoms with Crippen LogP contribution in [0.25, 0.3) is 0 Å². The number of nitrogens with zero attached hydrogens (tertiary/aromatic N) is 2. The van der Waals surface area contributed by atoms with E-state index in [2.05, 4.69) is 15.7 Å². The summed E-state index contributed by atoms with van der Waals surface area (Å²) in [5.41, 5.74) is 8.78. The molecule has 0 atom stereocenters. The number of anilines is 2. The molecule has 0 radical (unpaired) electrons.